The number of hydrogen-bond donors (Lipinski definition) is 0. The van der Waals surface area contributed by atoms with Crippen molar-refractivity contribution in [1.29, 1.82) is 0 Å². The second-order valence-corrected chi connectivity index (χ2v) is 9.27. The first-order valence-corrected chi connectivity index (χ1v) is 11.9. The summed E-state index contributed by atoms with van der Waals surface area (Å²) in [7, 11) is 0. The van der Waals surface area contributed by atoms with Crippen LogP contribution in [0, 0.1) is 6.85 Å². The van der Waals surface area contributed by atoms with E-state index in [0.717, 1.165) is 69.6 Å². The Bertz CT molecular complexity index is 1820. The molecule has 0 aliphatic heterocycles. The van der Waals surface area contributed by atoms with Crippen LogP contribution in [0.25, 0.3) is 49.3 Å². The Morgan fingerprint density at radius 1 is 0.667 bits per heavy atom. The Hall–Kier alpha value is -3.52. The summed E-state index contributed by atoms with van der Waals surface area (Å²) in [6.07, 6.45) is 5.14. The first kappa shape index (κ1) is 15.3. The minimum atomic E-state index is -2.15. The lowest BCUT2D eigenvalue weighted by atomic mass is 9.95. The van der Waals surface area contributed by atoms with Gasteiger partial charge in [0.25, 0.3) is 0 Å². The molecule has 0 spiro atoms. The zero-order valence-corrected chi connectivity index (χ0v) is 18.5. The van der Waals surface area contributed by atoms with Gasteiger partial charge in [-0.3, -0.25) is 0 Å². The van der Waals surface area contributed by atoms with Gasteiger partial charge in [0, 0.05) is 48.4 Å². The molecule has 0 radical (unpaired) electrons. The largest absolute Gasteiger partial charge is 0.337 e. The molecule has 1 aliphatic carbocycles. The smallest absolute Gasteiger partial charge is 0.0541 e. The van der Waals surface area contributed by atoms with Gasteiger partial charge in [0.1, 0.15) is 0 Å². The van der Waals surface area contributed by atoms with Crippen LogP contribution in [0.2, 0.25) is 0 Å². The highest BCUT2D eigenvalue weighted by Gasteiger charge is 2.21. The second kappa shape index (κ2) is 7.25. The normalized spacial score (nSPS) is 18.4. The van der Waals surface area contributed by atoms with Crippen molar-refractivity contribution in [1.82, 2.24) is 9.13 Å². The number of fused-ring (bicyclic) bond motifs is 6. The van der Waals surface area contributed by atoms with Gasteiger partial charge < -0.3 is 9.13 Å². The fraction of sp³-hybridized carbons (Fsp3) is 0.226. The van der Waals surface area contributed by atoms with Crippen LogP contribution in [0.4, 0.5) is 0 Å². The quantitative estimate of drug-likeness (QED) is 0.259. The summed E-state index contributed by atoms with van der Waals surface area (Å²) in [5.74, 6) is 0. The molecular formula is C31H28N2. The molecule has 2 aromatic heterocycles. The number of hydrogen-bond acceptors (Lipinski definition) is 0. The predicted octanol–water partition coefficient (Wildman–Crippen LogP) is 8.71. The number of aryl methyl sites for hydroxylation is 1. The van der Waals surface area contributed by atoms with Gasteiger partial charge in [-0.15, -0.1) is 0 Å². The monoisotopic (exact) mass is 432 g/mol. The fourth-order valence-electron chi connectivity index (χ4n) is 5.88. The van der Waals surface area contributed by atoms with Crippen molar-refractivity contribution in [2.24, 2.45) is 0 Å². The molecule has 6 aromatic rings. The summed E-state index contributed by atoms with van der Waals surface area (Å²) in [5, 5.41) is 4.30. The van der Waals surface area contributed by atoms with E-state index in [9.17, 15) is 1.37 Å². The average Bonchev–Trinajstić information content (AvgIpc) is 3.41. The zero-order valence-electron chi connectivity index (χ0n) is 22.5. The standard InChI is InChI=1S/C31H28N2/c1-21-15-17-30-26(19-21)24-11-5-8-14-29(24)33(30)23-16-18-31-27(20-23)25-12-6-7-13-28(25)32(31)22-9-3-2-4-10-22/h5-8,11-20,22H,2-4,9-10H2,1H3/i1D3,22D. The lowest BCUT2D eigenvalue weighted by Crippen LogP contribution is -2.12. The number of benzene rings is 4. The molecule has 0 N–H and O–H groups in total. The van der Waals surface area contributed by atoms with Crippen LogP contribution in [0.3, 0.4) is 0 Å². The molecule has 0 saturated heterocycles. The highest BCUT2D eigenvalue weighted by atomic mass is 15.0. The first-order valence-electron chi connectivity index (χ1n) is 13.9. The number of rotatable bonds is 2. The lowest BCUT2D eigenvalue weighted by Gasteiger charge is -2.25. The van der Waals surface area contributed by atoms with Gasteiger partial charge in [0.15, 0.2) is 0 Å². The molecule has 2 heterocycles. The van der Waals surface area contributed by atoms with E-state index in [1.807, 2.05) is 24.3 Å². The van der Waals surface area contributed by atoms with Crippen molar-refractivity contribution in [2.75, 3.05) is 0 Å². The Balaban J connectivity index is 1.52. The number of aromatic nitrogens is 2. The number of para-hydroxylation sites is 2. The fourth-order valence-corrected chi connectivity index (χ4v) is 5.88. The molecule has 2 nitrogen and oxygen atoms in total. The average molecular weight is 433 g/mol. The summed E-state index contributed by atoms with van der Waals surface area (Å²) in [4.78, 5) is 0. The van der Waals surface area contributed by atoms with E-state index in [2.05, 4.69) is 63.7 Å². The topological polar surface area (TPSA) is 9.86 Å². The van der Waals surface area contributed by atoms with Gasteiger partial charge in [0.05, 0.1) is 12.4 Å². The zero-order chi connectivity index (χ0) is 25.4. The van der Waals surface area contributed by atoms with E-state index in [4.69, 9.17) is 4.11 Å². The van der Waals surface area contributed by atoms with Gasteiger partial charge in [-0.2, -0.15) is 0 Å². The third-order valence-corrected chi connectivity index (χ3v) is 7.33. The summed E-state index contributed by atoms with van der Waals surface area (Å²) >= 11 is 0. The molecule has 0 atom stereocenters. The molecule has 0 amide bonds. The Morgan fingerprint density at radius 3 is 2.12 bits per heavy atom. The van der Waals surface area contributed by atoms with Crippen molar-refractivity contribution >= 4 is 43.6 Å². The van der Waals surface area contributed by atoms with Crippen LogP contribution in [0.15, 0.2) is 84.9 Å². The van der Waals surface area contributed by atoms with Crippen molar-refractivity contribution in [3.05, 3.63) is 90.5 Å². The summed E-state index contributed by atoms with van der Waals surface area (Å²) in [6.45, 7) is -2.15. The van der Waals surface area contributed by atoms with Crippen LogP contribution in [0.5, 0.6) is 0 Å². The molecule has 162 valence electrons. The Morgan fingerprint density at radius 2 is 1.30 bits per heavy atom. The van der Waals surface area contributed by atoms with Crippen LogP contribution >= 0.6 is 0 Å². The predicted molar refractivity (Wildman–Crippen MR) is 141 cm³/mol. The van der Waals surface area contributed by atoms with Crippen LogP contribution in [-0.2, 0) is 0 Å². The third kappa shape index (κ3) is 2.80. The SMILES string of the molecule is [2H]C([2H])([2H])c1ccc2c(c1)c1ccccc1n2-c1ccc2c(c1)c1ccccc1n2C1([2H])CCCCC1. The van der Waals surface area contributed by atoms with Gasteiger partial charge in [-0.25, -0.2) is 0 Å². The van der Waals surface area contributed by atoms with E-state index in [1.54, 1.807) is 6.07 Å². The van der Waals surface area contributed by atoms with Crippen molar-refractivity contribution < 1.29 is 5.48 Å². The maximum atomic E-state index is 9.43. The second-order valence-electron chi connectivity index (χ2n) is 9.27. The van der Waals surface area contributed by atoms with Gasteiger partial charge in [0.2, 0.25) is 0 Å². The van der Waals surface area contributed by atoms with Crippen LogP contribution in [0.1, 0.15) is 49.2 Å². The summed E-state index contributed by atoms with van der Waals surface area (Å²) in [5.41, 5.74) is 5.65. The van der Waals surface area contributed by atoms with E-state index in [0.29, 0.717) is 5.56 Å². The van der Waals surface area contributed by atoms with Gasteiger partial charge in [-0.1, -0.05) is 67.3 Å². The summed E-state index contributed by atoms with van der Waals surface area (Å²) < 4.78 is 37.7. The molecule has 0 unspecified atom stereocenters. The molecule has 33 heavy (non-hydrogen) atoms. The van der Waals surface area contributed by atoms with E-state index in [1.165, 1.54) is 11.8 Å². The third-order valence-electron chi connectivity index (χ3n) is 7.33. The first-order chi connectivity index (χ1) is 17.9. The number of nitrogens with zero attached hydrogens (tertiary/aromatic N) is 2. The molecule has 0 bridgehead atoms. The van der Waals surface area contributed by atoms with Crippen molar-refractivity contribution in [3.63, 3.8) is 0 Å². The molecule has 1 fully saturated rings. The summed E-state index contributed by atoms with van der Waals surface area (Å²) in [6, 6.07) is 28.1. The van der Waals surface area contributed by atoms with Crippen LogP contribution < -0.4 is 0 Å². The molecular weight excluding hydrogens is 400 g/mol. The van der Waals surface area contributed by atoms with Gasteiger partial charge >= 0.3 is 0 Å². The highest BCUT2D eigenvalue weighted by molar-refractivity contribution is 6.11. The van der Waals surface area contributed by atoms with Crippen molar-refractivity contribution in [3.8, 4) is 5.69 Å². The Kier molecular flexibility index (Phi) is 3.37. The molecule has 1 saturated carbocycles. The minimum Gasteiger partial charge on any atom is -0.337 e. The molecule has 4 aromatic carbocycles. The minimum absolute atomic E-state index is 0.356. The van der Waals surface area contributed by atoms with Crippen molar-refractivity contribution in [2.45, 2.75) is 45.0 Å². The van der Waals surface area contributed by atoms with Gasteiger partial charge in [-0.05, 0) is 62.2 Å². The molecule has 2 heteroatoms. The maximum Gasteiger partial charge on any atom is 0.0541 e. The van der Waals surface area contributed by atoms with E-state index >= 15 is 0 Å². The lowest BCUT2D eigenvalue weighted by molar-refractivity contribution is 0.367. The maximum absolute atomic E-state index is 9.43. The highest BCUT2D eigenvalue weighted by Crippen LogP contribution is 2.39. The Labute approximate surface area is 199 Å². The molecule has 7 rings (SSSR count). The van der Waals surface area contributed by atoms with Crippen LogP contribution in [-0.4, -0.2) is 9.13 Å². The van der Waals surface area contributed by atoms with E-state index < -0.39 is 12.9 Å². The molecule has 1 aliphatic rings. The van der Waals surface area contributed by atoms with E-state index in [-0.39, 0.29) is 0 Å².